The molecule has 19 heavy (non-hydrogen) atoms. The smallest absolute Gasteiger partial charge is 0.223 e. The van der Waals surface area contributed by atoms with Crippen LogP contribution in [-0.2, 0) is 11.8 Å². The van der Waals surface area contributed by atoms with Crippen molar-refractivity contribution in [2.75, 3.05) is 0 Å². The molecule has 2 rings (SSSR count). The van der Waals surface area contributed by atoms with Crippen LogP contribution < -0.4 is 11.1 Å². The third kappa shape index (κ3) is 3.48. The summed E-state index contributed by atoms with van der Waals surface area (Å²) in [5.41, 5.74) is 8.00. The van der Waals surface area contributed by atoms with E-state index in [1.807, 2.05) is 31.8 Å². The van der Waals surface area contributed by atoms with Gasteiger partial charge in [-0.3, -0.25) is 9.48 Å². The van der Waals surface area contributed by atoms with Gasteiger partial charge in [-0.25, -0.2) is 0 Å². The molecule has 3 unspecified atom stereocenters. The molecule has 1 fully saturated rings. The second kappa shape index (κ2) is 6.39. The zero-order valence-electron chi connectivity index (χ0n) is 11.7. The summed E-state index contributed by atoms with van der Waals surface area (Å²) in [5.74, 6) is 0.207. The van der Waals surface area contributed by atoms with Gasteiger partial charge in [0, 0.05) is 30.3 Å². The summed E-state index contributed by atoms with van der Waals surface area (Å²) in [6, 6.07) is 0.194. The largest absolute Gasteiger partial charge is 0.349 e. The molecule has 0 radical (unpaired) electrons. The third-order valence-electron chi connectivity index (χ3n) is 3.94. The molecule has 108 valence electrons. The Morgan fingerprint density at radius 3 is 2.74 bits per heavy atom. The lowest BCUT2D eigenvalue weighted by Crippen LogP contribution is -2.32. The summed E-state index contributed by atoms with van der Waals surface area (Å²) in [5, 5.41) is 7.26. The lowest BCUT2D eigenvalue weighted by atomic mass is 10.0. The van der Waals surface area contributed by atoms with Gasteiger partial charge in [0.05, 0.1) is 12.2 Å². The first-order chi connectivity index (χ1) is 8.49. The van der Waals surface area contributed by atoms with E-state index in [-0.39, 0.29) is 36.3 Å². The fourth-order valence-corrected chi connectivity index (χ4v) is 2.60. The summed E-state index contributed by atoms with van der Waals surface area (Å²) in [7, 11) is 1.91. The van der Waals surface area contributed by atoms with E-state index in [4.69, 9.17) is 5.73 Å². The SMILES string of the molecule is Cc1c(C(C)NC(=O)C2CCC(N)C2)cnn1C.Cl. The second-order valence-corrected chi connectivity index (χ2v) is 5.31. The number of aromatic nitrogens is 2. The Morgan fingerprint density at radius 2 is 2.26 bits per heavy atom. The van der Waals surface area contributed by atoms with Crippen LogP contribution in [0.1, 0.15) is 43.5 Å². The number of nitrogens with zero attached hydrogens (tertiary/aromatic N) is 2. The Morgan fingerprint density at radius 1 is 1.58 bits per heavy atom. The minimum atomic E-state index is 0. The van der Waals surface area contributed by atoms with Crippen LogP contribution in [0.5, 0.6) is 0 Å². The van der Waals surface area contributed by atoms with Crippen LogP contribution >= 0.6 is 12.4 Å². The number of amides is 1. The van der Waals surface area contributed by atoms with Gasteiger partial charge in [0.2, 0.25) is 5.91 Å². The molecule has 0 saturated heterocycles. The average molecular weight is 287 g/mol. The normalized spacial score (nSPS) is 23.8. The Balaban J connectivity index is 0.00000180. The van der Waals surface area contributed by atoms with Crippen molar-refractivity contribution >= 4 is 18.3 Å². The van der Waals surface area contributed by atoms with Gasteiger partial charge in [-0.2, -0.15) is 5.10 Å². The highest BCUT2D eigenvalue weighted by Gasteiger charge is 2.28. The molecule has 5 nitrogen and oxygen atoms in total. The second-order valence-electron chi connectivity index (χ2n) is 5.31. The van der Waals surface area contributed by atoms with Crippen LogP contribution in [0.25, 0.3) is 0 Å². The molecule has 0 spiro atoms. The molecule has 1 aromatic heterocycles. The predicted molar refractivity (Wildman–Crippen MR) is 77.1 cm³/mol. The first-order valence-corrected chi connectivity index (χ1v) is 6.53. The zero-order chi connectivity index (χ0) is 13.3. The molecule has 3 N–H and O–H groups in total. The number of carbonyl (C=O) groups is 1. The molecule has 1 aromatic rings. The van der Waals surface area contributed by atoms with Crippen LogP contribution in [-0.4, -0.2) is 21.7 Å². The Kier molecular flexibility index (Phi) is 5.38. The minimum absolute atomic E-state index is 0. The molecule has 1 heterocycles. The van der Waals surface area contributed by atoms with Crippen molar-refractivity contribution in [3.63, 3.8) is 0 Å². The number of halogens is 1. The lowest BCUT2D eigenvalue weighted by molar-refractivity contribution is -0.125. The number of nitrogens with one attached hydrogen (secondary N) is 1. The van der Waals surface area contributed by atoms with Crippen molar-refractivity contribution in [2.24, 2.45) is 18.7 Å². The van der Waals surface area contributed by atoms with E-state index in [0.717, 1.165) is 30.5 Å². The van der Waals surface area contributed by atoms with Gasteiger partial charge < -0.3 is 11.1 Å². The van der Waals surface area contributed by atoms with Crippen LogP contribution in [0.4, 0.5) is 0 Å². The van der Waals surface area contributed by atoms with E-state index in [1.54, 1.807) is 0 Å². The molecule has 1 aliphatic carbocycles. The van der Waals surface area contributed by atoms with Crippen molar-refractivity contribution in [1.29, 1.82) is 0 Å². The highest BCUT2D eigenvalue weighted by atomic mass is 35.5. The summed E-state index contributed by atoms with van der Waals surface area (Å²) < 4.78 is 1.82. The maximum Gasteiger partial charge on any atom is 0.223 e. The predicted octanol–water partition coefficient (Wildman–Crippen LogP) is 1.45. The quantitative estimate of drug-likeness (QED) is 0.883. The standard InChI is InChI=1S/C13H22N4O.ClH/c1-8(12-7-15-17(3)9(12)2)16-13(18)10-4-5-11(14)6-10;/h7-8,10-11H,4-6,14H2,1-3H3,(H,16,18);1H. The monoisotopic (exact) mass is 286 g/mol. The Labute approximate surface area is 120 Å². The van der Waals surface area contributed by atoms with Crippen molar-refractivity contribution in [3.8, 4) is 0 Å². The molecular formula is C13H23ClN4O. The number of nitrogens with two attached hydrogens (primary N) is 1. The number of carbonyl (C=O) groups excluding carboxylic acids is 1. The van der Waals surface area contributed by atoms with Gasteiger partial charge in [0.15, 0.2) is 0 Å². The van der Waals surface area contributed by atoms with Gasteiger partial charge >= 0.3 is 0 Å². The molecule has 1 amide bonds. The van der Waals surface area contributed by atoms with Gasteiger partial charge in [0.25, 0.3) is 0 Å². The molecule has 0 bridgehead atoms. The van der Waals surface area contributed by atoms with E-state index in [2.05, 4.69) is 10.4 Å². The Bertz CT molecular complexity index is 446. The summed E-state index contributed by atoms with van der Waals surface area (Å²) >= 11 is 0. The van der Waals surface area contributed by atoms with Crippen LogP contribution in [0.3, 0.4) is 0 Å². The first kappa shape index (κ1) is 16.0. The van der Waals surface area contributed by atoms with E-state index in [1.165, 1.54) is 0 Å². The van der Waals surface area contributed by atoms with Gasteiger partial charge in [-0.15, -0.1) is 12.4 Å². The zero-order valence-corrected chi connectivity index (χ0v) is 12.5. The third-order valence-corrected chi connectivity index (χ3v) is 3.94. The van der Waals surface area contributed by atoms with E-state index in [0.29, 0.717) is 0 Å². The molecular weight excluding hydrogens is 264 g/mol. The fourth-order valence-electron chi connectivity index (χ4n) is 2.60. The maximum absolute atomic E-state index is 12.1. The van der Waals surface area contributed by atoms with Gasteiger partial charge in [0.1, 0.15) is 0 Å². The lowest BCUT2D eigenvalue weighted by Gasteiger charge is -2.17. The Hall–Kier alpha value is -1.07. The number of aryl methyl sites for hydroxylation is 1. The van der Waals surface area contributed by atoms with Crippen LogP contribution in [0.2, 0.25) is 0 Å². The van der Waals surface area contributed by atoms with Crippen molar-refractivity contribution in [2.45, 2.75) is 45.2 Å². The maximum atomic E-state index is 12.1. The molecule has 0 aromatic carbocycles. The van der Waals surface area contributed by atoms with Gasteiger partial charge in [-0.1, -0.05) is 0 Å². The van der Waals surface area contributed by atoms with E-state index < -0.39 is 0 Å². The van der Waals surface area contributed by atoms with Crippen molar-refractivity contribution in [3.05, 3.63) is 17.5 Å². The molecule has 0 aliphatic heterocycles. The average Bonchev–Trinajstić information content (AvgIpc) is 2.87. The molecule has 1 aliphatic rings. The van der Waals surface area contributed by atoms with Crippen LogP contribution in [0.15, 0.2) is 6.20 Å². The minimum Gasteiger partial charge on any atom is -0.349 e. The fraction of sp³-hybridized carbons (Fsp3) is 0.692. The van der Waals surface area contributed by atoms with Gasteiger partial charge in [-0.05, 0) is 33.1 Å². The number of rotatable bonds is 3. The highest BCUT2D eigenvalue weighted by molar-refractivity contribution is 5.85. The molecule has 3 atom stereocenters. The van der Waals surface area contributed by atoms with Crippen LogP contribution in [0, 0.1) is 12.8 Å². The summed E-state index contributed by atoms with van der Waals surface area (Å²) in [6.45, 7) is 4.01. The molecule has 1 saturated carbocycles. The number of hydrogen-bond acceptors (Lipinski definition) is 3. The van der Waals surface area contributed by atoms with E-state index in [9.17, 15) is 4.79 Å². The highest BCUT2D eigenvalue weighted by Crippen LogP contribution is 2.25. The summed E-state index contributed by atoms with van der Waals surface area (Å²) in [4.78, 5) is 12.1. The number of hydrogen-bond donors (Lipinski definition) is 2. The topological polar surface area (TPSA) is 72.9 Å². The first-order valence-electron chi connectivity index (χ1n) is 6.53. The van der Waals surface area contributed by atoms with Crippen molar-refractivity contribution < 1.29 is 4.79 Å². The van der Waals surface area contributed by atoms with Crippen molar-refractivity contribution in [1.82, 2.24) is 15.1 Å². The molecule has 6 heteroatoms. The van der Waals surface area contributed by atoms with E-state index >= 15 is 0 Å². The summed E-state index contributed by atoms with van der Waals surface area (Å²) in [6.07, 6.45) is 4.50.